The summed E-state index contributed by atoms with van der Waals surface area (Å²) in [4.78, 5) is 13.8. The zero-order valence-corrected chi connectivity index (χ0v) is 7.43. The molecule has 4 nitrogen and oxygen atoms in total. The number of aliphatic carboxylic acids is 1. The molecule has 0 rings (SSSR count). The zero-order valence-electron chi connectivity index (χ0n) is 5.92. The van der Waals surface area contributed by atoms with Crippen LogP contribution < -0.4 is 5.73 Å². The van der Waals surface area contributed by atoms with E-state index < -0.39 is 5.97 Å². The highest BCUT2D eigenvalue weighted by atomic mass is 35.5. The van der Waals surface area contributed by atoms with Crippen LogP contribution in [0, 0.1) is 0 Å². The molecule has 66 valence electrons. The van der Waals surface area contributed by atoms with Crippen LogP contribution in [0.5, 0.6) is 0 Å². The van der Waals surface area contributed by atoms with Crippen LogP contribution in [0.15, 0.2) is 28.0 Å². The Morgan fingerprint density at radius 2 is 2.08 bits per heavy atom. The largest absolute Gasteiger partial charge is 0.476 e. The number of rotatable bonds is 3. The molecule has 0 spiro atoms. The first-order valence-corrected chi connectivity index (χ1v) is 3.47. The van der Waals surface area contributed by atoms with Crippen LogP contribution in [-0.2, 0) is 4.79 Å². The molecular weight excluding hydrogens is 203 g/mol. The average molecular weight is 209 g/mol. The van der Waals surface area contributed by atoms with Gasteiger partial charge in [0.15, 0.2) is 5.71 Å². The summed E-state index contributed by atoms with van der Waals surface area (Å²) in [6.07, 6.45) is 0.971. The number of carboxylic acids is 1. The van der Waals surface area contributed by atoms with Crippen LogP contribution in [-0.4, -0.2) is 16.8 Å². The standard InChI is InChI=1S/C6H6Cl2N2O2/c1-3(7)5(6(11)12)10-2-4(8)9/h2H,1,9H2,(H,11,12)/b4-2-,10-5+. The summed E-state index contributed by atoms with van der Waals surface area (Å²) in [6.45, 7) is 3.20. The molecule has 0 bridgehead atoms. The summed E-state index contributed by atoms with van der Waals surface area (Å²) in [5.74, 6) is -1.29. The van der Waals surface area contributed by atoms with Crippen molar-refractivity contribution >= 4 is 34.9 Å². The third-order valence-corrected chi connectivity index (χ3v) is 1.05. The van der Waals surface area contributed by atoms with Crippen LogP contribution in [0.1, 0.15) is 0 Å². The predicted molar refractivity (Wildman–Crippen MR) is 48.2 cm³/mol. The lowest BCUT2D eigenvalue weighted by atomic mass is 10.4. The molecule has 0 aliphatic carbocycles. The van der Waals surface area contributed by atoms with E-state index in [1.54, 1.807) is 0 Å². The van der Waals surface area contributed by atoms with Crippen molar-refractivity contribution in [3.05, 3.63) is 23.0 Å². The number of aliphatic imine (C=N–C) groups is 1. The maximum Gasteiger partial charge on any atom is 0.356 e. The van der Waals surface area contributed by atoms with Gasteiger partial charge in [-0.3, -0.25) is 0 Å². The Balaban J connectivity index is 4.75. The molecule has 12 heavy (non-hydrogen) atoms. The molecule has 3 N–H and O–H groups in total. The number of hydrogen-bond acceptors (Lipinski definition) is 3. The summed E-state index contributed by atoms with van der Waals surface area (Å²) in [5, 5.41) is 8.15. The highest BCUT2D eigenvalue weighted by Crippen LogP contribution is 2.02. The average Bonchev–Trinajstić information content (AvgIpc) is 1.84. The predicted octanol–water partition coefficient (Wildman–Crippen LogP) is 1.26. The molecule has 0 saturated carbocycles. The Hall–Kier alpha value is -1.00. The summed E-state index contributed by atoms with van der Waals surface area (Å²) < 4.78 is 0. The second-order valence-electron chi connectivity index (χ2n) is 1.70. The minimum absolute atomic E-state index is 0.133. The van der Waals surface area contributed by atoms with Gasteiger partial charge in [0.2, 0.25) is 0 Å². The van der Waals surface area contributed by atoms with Gasteiger partial charge in [-0.1, -0.05) is 29.8 Å². The van der Waals surface area contributed by atoms with Gasteiger partial charge in [0.1, 0.15) is 5.16 Å². The lowest BCUT2D eigenvalue weighted by Crippen LogP contribution is -2.12. The Morgan fingerprint density at radius 3 is 2.33 bits per heavy atom. The van der Waals surface area contributed by atoms with Crippen molar-refractivity contribution in [3.63, 3.8) is 0 Å². The van der Waals surface area contributed by atoms with E-state index in [2.05, 4.69) is 11.6 Å². The van der Waals surface area contributed by atoms with E-state index in [4.69, 9.17) is 34.0 Å². The van der Waals surface area contributed by atoms with E-state index in [0.29, 0.717) is 0 Å². The molecule has 0 aliphatic heterocycles. The molecule has 0 amide bonds. The molecule has 0 radical (unpaired) electrons. The van der Waals surface area contributed by atoms with E-state index >= 15 is 0 Å². The lowest BCUT2D eigenvalue weighted by Gasteiger charge is -1.94. The number of hydrogen-bond donors (Lipinski definition) is 2. The van der Waals surface area contributed by atoms with Gasteiger partial charge in [-0.2, -0.15) is 0 Å². The van der Waals surface area contributed by atoms with E-state index in [0.717, 1.165) is 6.20 Å². The SMILES string of the molecule is C=C(Cl)/C(=N\C=C(/N)Cl)C(=O)O. The van der Waals surface area contributed by atoms with Crippen LogP contribution in [0.25, 0.3) is 0 Å². The van der Waals surface area contributed by atoms with Crippen molar-refractivity contribution in [3.8, 4) is 0 Å². The maximum atomic E-state index is 10.4. The lowest BCUT2D eigenvalue weighted by molar-refractivity contribution is -0.129. The van der Waals surface area contributed by atoms with Crippen LogP contribution in [0.4, 0.5) is 0 Å². The number of nitrogens with two attached hydrogens (primary N) is 1. The minimum atomic E-state index is -1.29. The van der Waals surface area contributed by atoms with Crippen LogP contribution >= 0.6 is 23.2 Å². The molecule has 0 heterocycles. The number of nitrogens with zero attached hydrogens (tertiary/aromatic N) is 1. The molecule has 0 saturated heterocycles. The second kappa shape index (κ2) is 4.79. The van der Waals surface area contributed by atoms with Gasteiger partial charge in [-0.05, 0) is 0 Å². The fraction of sp³-hybridized carbons (Fsp3) is 0. The van der Waals surface area contributed by atoms with Crippen LogP contribution in [0.3, 0.4) is 0 Å². The highest BCUT2D eigenvalue weighted by molar-refractivity contribution is 6.57. The molecule has 0 aliphatic rings. The second-order valence-corrected chi connectivity index (χ2v) is 2.59. The summed E-state index contributed by atoms with van der Waals surface area (Å²) >= 11 is 10.5. The molecule has 0 aromatic carbocycles. The summed E-state index contributed by atoms with van der Waals surface area (Å²) in [7, 11) is 0. The first-order chi connectivity index (χ1) is 5.45. The smallest absolute Gasteiger partial charge is 0.356 e. The van der Waals surface area contributed by atoms with Crippen molar-refractivity contribution in [1.82, 2.24) is 0 Å². The van der Waals surface area contributed by atoms with Crippen molar-refractivity contribution < 1.29 is 9.90 Å². The fourth-order valence-electron chi connectivity index (χ4n) is 0.368. The van der Waals surface area contributed by atoms with Crippen molar-refractivity contribution in [1.29, 1.82) is 0 Å². The number of carboxylic acid groups (broad SMARTS) is 1. The normalized spacial score (nSPS) is 12.8. The van der Waals surface area contributed by atoms with E-state index in [-0.39, 0.29) is 15.9 Å². The Kier molecular flexibility index (Phi) is 4.39. The molecule has 0 aromatic heterocycles. The first-order valence-electron chi connectivity index (χ1n) is 2.72. The van der Waals surface area contributed by atoms with Crippen molar-refractivity contribution in [2.24, 2.45) is 10.7 Å². The van der Waals surface area contributed by atoms with Gasteiger partial charge in [0.05, 0.1) is 11.2 Å². The summed E-state index contributed by atoms with van der Waals surface area (Å²) in [5.41, 5.74) is 4.61. The molecule has 0 aromatic rings. The Labute approximate surface area is 79.0 Å². The third kappa shape index (κ3) is 4.00. The first kappa shape index (κ1) is 11.0. The Bertz CT molecular complexity index is 251. The summed E-state index contributed by atoms with van der Waals surface area (Å²) in [6, 6.07) is 0. The molecular formula is C6H6Cl2N2O2. The quantitative estimate of drug-likeness (QED) is 0.542. The molecule has 0 fully saturated rings. The Morgan fingerprint density at radius 1 is 1.58 bits per heavy atom. The maximum absolute atomic E-state index is 10.4. The van der Waals surface area contributed by atoms with Gasteiger partial charge >= 0.3 is 5.97 Å². The van der Waals surface area contributed by atoms with Gasteiger partial charge in [-0.15, -0.1) is 0 Å². The third-order valence-electron chi connectivity index (χ3n) is 0.777. The number of carbonyl (C=O) groups is 1. The van der Waals surface area contributed by atoms with Gasteiger partial charge in [-0.25, -0.2) is 9.79 Å². The van der Waals surface area contributed by atoms with Crippen LogP contribution in [0.2, 0.25) is 0 Å². The van der Waals surface area contributed by atoms with Gasteiger partial charge in [0.25, 0.3) is 0 Å². The van der Waals surface area contributed by atoms with E-state index in [1.807, 2.05) is 0 Å². The van der Waals surface area contributed by atoms with Crippen molar-refractivity contribution in [2.75, 3.05) is 0 Å². The monoisotopic (exact) mass is 208 g/mol. The van der Waals surface area contributed by atoms with Crippen molar-refractivity contribution in [2.45, 2.75) is 0 Å². The molecule has 0 unspecified atom stereocenters. The number of halogens is 2. The highest BCUT2D eigenvalue weighted by Gasteiger charge is 2.10. The zero-order chi connectivity index (χ0) is 9.72. The van der Waals surface area contributed by atoms with Gasteiger partial charge in [0, 0.05) is 0 Å². The van der Waals surface area contributed by atoms with E-state index in [1.165, 1.54) is 0 Å². The van der Waals surface area contributed by atoms with Gasteiger partial charge < -0.3 is 10.8 Å². The topological polar surface area (TPSA) is 75.7 Å². The molecule has 0 atom stereocenters. The fourth-order valence-corrected chi connectivity index (χ4v) is 0.546. The molecule has 6 heteroatoms. The minimum Gasteiger partial charge on any atom is -0.476 e. The van der Waals surface area contributed by atoms with E-state index in [9.17, 15) is 4.79 Å².